The van der Waals surface area contributed by atoms with Gasteiger partial charge in [-0.1, -0.05) is 35.4 Å². The number of benzene rings is 1. The van der Waals surface area contributed by atoms with E-state index in [9.17, 15) is 9.36 Å². The topological polar surface area (TPSA) is 120 Å². The molecule has 1 aromatic carbocycles. The van der Waals surface area contributed by atoms with E-state index in [0.717, 1.165) is 12.5 Å². The summed E-state index contributed by atoms with van der Waals surface area (Å²) < 4.78 is 33.2. The molecule has 9 nitrogen and oxygen atoms in total. The van der Waals surface area contributed by atoms with Gasteiger partial charge in [-0.2, -0.15) is 0 Å². The zero-order chi connectivity index (χ0) is 18.0. The van der Waals surface area contributed by atoms with E-state index < -0.39 is 25.5 Å². The predicted octanol–water partition coefficient (Wildman–Crippen LogP) is 3.26. The Kier molecular flexibility index (Phi) is 8.46. The van der Waals surface area contributed by atoms with Gasteiger partial charge in [-0.15, -0.1) is 0 Å². The molecule has 24 heavy (non-hydrogen) atoms. The average molecular weight is 357 g/mol. The number of azide groups is 1. The van der Waals surface area contributed by atoms with Crippen LogP contribution < -0.4 is 0 Å². The molecule has 0 aliphatic heterocycles. The third-order valence-electron chi connectivity index (χ3n) is 3.06. The third-order valence-corrected chi connectivity index (χ3v) is 5.14. The third kappa shape index (κ3) is 5.96. The first-order chi connectivity index (χ1) is 11.5. The van der Waals surface area contributed by atoms with Crippen molar-refractivity contribution >= 4 is 13.6 Å². The normalized spacial score (nSPS) is 13.6. The van der Waals surface area contributed by atoms with Gasteiger partial charge >= 0.3 is 13.6 Å². The smallest absolute Gasteiger partial charge is 0.373 e. The minimum Gasteiger partial charge on any atom is -0.447 e. The molecular weight excluding hydrogens is 337 g/mol. The van der Waals surface area contributed by atoms with Gasteiger partial charge in [0.2, 0.25) is 5.85 Å². The summed E-state index contributed by atoms with van der Waals surface area (Å²) in [4.78, 5) is 14.0. The lowest BCUT2D eigenvalue weighted by Gasteiger charge is -2.29. The maximum absolute atomic E-state index is 12.7. The Morgan fingerprint density at radius 3 is 2.42 bits per heavy atom. The molecule has 0 saturated heterocycles. The van der Waals surface area contributed by atoms with E-state index in [2.05, 4.69) is 10.0 Å². The van der Waals surface area contributed by atoms with Gasteiger partial charge < -0.3 is 18.5 Å². The van der Waals surface area contributed by atoms with Crippen molar-refractivity contribution in [3.05, 3.63) is 46.3 Å². The van der Waals surface area contributed by atoms with Crippen LogP contribution >= 0.6 is 7.60 Å². The molecule has 0 amide bonds. The zero-order valence-corrected chi connectivity index (χ0v) is 14.6. The van der Waals surface area contributed by atoms with Crippen molar-refractivity contribution < 1.29 is 27.9 Å². The summed E-state index contributed by atoms with van der Waals surface area (Å²) in [5.74, 6) is -2.05. The molecule has 0 aliphatic rings. The van der Waals surface area contributed by atoms with E-state index in [1.54, 1.807) is 0 Å². The lowest BCUT2D eigenvalue weighted by Crippen LogP contribution is -2.36. The summed E-state index contributed by atoms with van der Waals surface area (Å²) in [6.45, 7) is 1.08. The molecule has 0 spiro atoms. The van der Waals surface area contributed by atoms with Crippen LogP contribution in [0.4, 0.5) is 0 Å². The number of carbonyl (C=O) groups is 1. The van der Waals surface area contributed by atoms with Crippen LogP contribution in [-0.2, 0) is 34.5 Å². The highest BCUT2D eigenvalue weighted by Crippen LogP contribution is 2.54. The van der Waals surface area contributed by atoms with Crippen molar-refractivity contribution in [2.24, 2.45) is 5.11 Å². The van der Waals surface area contributed by atoms with E-state index in [0.29, 0.717) is 0 Å². The Morgan fingerprint density at radius 1 is 1.29 bits per heavy atom. The molecule has 0 saturated carbocycles. The molecule has 0 aromatic heterocycles. The van der Waals surface area contributed by atoms with E-state index >= 15 is 0 Å². The molecule has 0 fully saturated rings. The fraction of sp³-hybridized carbons (Fsp3) is 0.500. The fourth-order valence-corrected chi connectivity index (χ4v) is 3.35. The van der Waals surface area contributed by atoms with Gasteiger partial charge in [0.15, 0.2) is 0 Å². The lowest BCUT2D eigenvalue weighted by atomic mass is 10.2. The van der Waals surface area contributed by atoms with Crippen LogP contribution in [0.15, 0.2) is 35.4 Å². The minimum absolute atomic E-state index is 0.137. The van der Waals surface area contributed by atoms with Crippen LogP contribution in [0.3, 0.4) is 0 Å². The van der Waals surface area contributed by atoms with Gasteiger partial charge in [0.25, 0.3) is 0 Å². The van der Waals surface area contributed by atoms with Gasteiger partial charge in [-0.25, -0.2) is 0 Å². The zero-order valence-electron chi connectivity index (χ0n) is 13.7. The second-order valence-corrected chi connectivity index (χ2v) is 6.97. The molecule has 10 heteroatoms. The maximum atomic E-state index is 12.7. The molecule has 0 radical (unpaired) electrons. The minimum atomic E-state index is -3.81. The van der Waals surface area contributed by atoms with Crippen molar-refractivity contribution in [1.82, 2.24) is 0 Å². The molecular formula is C14H20N3O6P. The van der Waals surface area contributed by atoms with E-state index in [-0.39, 0.29) is 13.2 Å². The fourth-order valence-electron chi connectivity index (χ4n) is 1.92. The first kappa shape index (κ1) is 20.2. The Morgan fingerprint density at radius 2 is 1.92 bits per heavy atom. The Bertz CT molecular complexity index is 612. The van der Waals surface area contributed by atoms with Gasteiger partial charge in [-0.3, -0.25) is 9.36 Å². The summed E-state index contributed by atoms with van der Waals surface area (Å²) in [7, 11) is -1.48. The van der Waals surface area contributed by atoms with Crippen molar-refractivity contribution in [2.45, 2.75) is 25.5 Å². The highest BCUT2D eigenvalue weighted by atomic mass is 31.2. The van der Waals surface area contributed by atoms with Crippen LogP contribution in [0.1, 0.15) is 12.5 Å². The summed E-state index contributed by atoms with van der Waals surface area (Å²) >= 11 is 0. The van der Waals surface area contributed by atoms with Crippen LogP contribution in [0.5, 0.6) is 0 Å². The van der Waals surface area contributed by atoms with E-state index in [1.807, 2.05) is 30.3 Å². The Balaban J connectivity index is 3.03. The first-order valence-corrected chi connectivity index (χ1v) is 8.62. The van der Waals surface area contributed by atoms with Crippen molar-refractivity contribution in [2.75, 3.05) is 20.8 Å². The van der Waals surface area contributed by atoms with Gasteiger partial charge in [-0.05, 0) is 11.1 Å². The summed E-state index contributed by atoms with van der Waals surface area (Å²) in [5, 5.41) is 3.43. The largest absolute Gasteiger partial charge is 0.447 e. The molecule has 0 unspecified atom stereocenters. The molecule has 2 atom stereocenters. The molecule has 0 N–H and O–H groups in total. The summed E-state index contributed by atoms with van der Waals surface area (Å²) in [6.07, 6.45) is -1.00. The molecule has 0 aliphatic carbocycles. The molecule has 132 valence electrons. The van der Waals surface area contributed by atoms with E-state index in [4.69, 9.17) is 24.1 Å². The monoisotopic (exact) mass is 357 g/mol. The van der Waals surface area contributed by atoms with Crippen LogP contribution in [-0.4, -0.2) is 38.7 Å². The van der Waals surface area contributed by atoms with Crippen molar-refractivity contribution in [3.63, 3.8) is 0 Å². The van der Waals surface area contributed by atoms with Crippen molar-refractivity contribution in [3.8, 4) is 0 Å². The lowest BCUT2D eigenvalue weighted by molar-refractivity contribution is -0.150. The number of hydrogen-bond acceptors (Lipinski definition) is 7. The van der Waals surface area contributed by atoms with Crippen molar-refractivity contribution in [1.29, 1.82) is 0 Å². The quantitative estimate of drug-likeness (QED) is 0.208. The second kappa shape index (κ2) is 10.1. The van der Waals surface area contributed by atoms with Gasteiger partial charge in [0.05, 0.1) is 13.2 Å². The first-order valence-electron chi connectivity index (χ1n) is 7.01. The number of esters is 1. The molecule has 0 bridgehead atoms. The SMILES string of the molecule is COP(=O)(OC)[C@@H](OC(C)=O)[C@H](CN=[N+]=[N-])OCc1ccccc1. The number of ether oxygens (including phenoxy) is 2. The molecule has 0 heterocycles. The Hall–Kier alpha value is -1.89. The maximum Gasteiger partial charge on any atom is 0.373 e. The summed E-state index contributed by atoms with van der Waals surface area (Å²) in [5.41, 5.74) is 9.39. The number of carbonyl (C=O) groups excluding carboxylic acids is 1. The second-order valence-electron chi connectivity index (χ2n) is 4.65. The summed E-state index contributed by atoms with van der Waals surface area (Å²) in [6, 6.07) is 9.18. The molecule has 1 aromatic rings. The van der Waals surface area contributed by atoms with E-state index in [1.165, 1.54) is 14.2 Å². The van der Waals surface area contributed by atoms with Crippen LogP contribution in [0, 0.1) is 0 Å². The number of hydrogen-bond donors (Lipinski definition) is 0. The number of nitrogens with zero attached hydrogens (tertiary/aromatic N) is 3. The van der Waals surface area contributed by atoms with Gasteiger partial charge in [0, 0.05) is 26.1 Å². The Labute approximate surface area is 140 Å². The highest BCUT2D eigenvalue weighted by molar-refractivity contribution is 7.54. The highest BCUT2D eigenvalue weighted by Gasteiger charge is 2.43. The number of rotatable bonds is 10. The predicted molar refractivity (Wildman–Crippen MR) is 86.2 cm³/mol. The average Bonchev–Trinajstić information content (AvgIpc) is 2.60. The van der Waals surface area contributed by atoms with Crippen LogP contribution in [0.2, 0.25) is 0 Å². The standard InChI is InChI=1S/C14H20N3O6P/c1-11(18)23-14(24(19,20-2)21-3)13(9-16-17-15)22-10-12-7-5-4-6-8-12/h4-8,13-14H,9-10H2,1-3H3/t13-,14+/m0/s1. The molecule has 1 rings (SSSR count). The van der Waals surface area contributed by atoms with Crippen LogP contribution in [0.25, 0.3) is 10.4 Å². The van der Waals surface area contributed by atoms with Gasteiger partial charge in [0.1, 0.15) is 6.10 Å².